The molecule has 2 N–H and O–H groups in total. The molecule has 0 bridgehead atoms. The van der Waals surface area contributed by atoms with Crippen LogP contribution in [0.3, 0.4) is 0 Å². The molecule has 120 valence electrons. The van der Waals surface area contributed by atoms with Crippen LogP contribution in [0.1, 0.15) is 18.9 Å². The van der Waals surface area contributed by atoms with Gasteiger partial charge < -0.3 is 15.5 Å². The molecule has 0 atom stereocenters. The molecule has 1 aliphatic heterocycles. The van der Waals surface area contributed by atoms with E-state index in [1.807, 2.05) is 47.4 Å². The van der Waals surface area contributed by atoms with E-state index >= 15 is 0 Å². The van der Waals surface area contributed by atoms with Gasteiger partial charge in [-0.25, -0.2) is 0 Å². The molecule has 4 heteroatoms. The number of rotatable bonds is 4. The Kier molecular flexibility index (Phi) is 4.51. The Morgan fingerprint density at radius 3 is 2.48 bits per heavy atom. The van der Waals surface area contributed by atoms with Crippen molar-refractivity contribution in [1.29, 1.82) is 0 Å². The van der Waals surface area contributed by atoms with Crippen LogP contribution in [0.15, 0.2) is 48.5 Å². The number of likely N-dealkylation sites (N-methyl/N-ethyl adjacent to an activating group) is 1. The fourth-order valence-corrected chi connectivity index (χ4v) is 3.15. The monoisotopic (exact) mass is 309 g/mol. The number of para-hydroxylation sites is 3. The zero-order valence-corrected chi connectivity index (χ0v) is 13.5. The molecular weight excluding hydrogens is 286 g/mol. The largest absolute Gasteiger partial charge is 0.399 e. The second-order valence-electron chi connectivity index (χ2n) is 5.81. The molecule has 3 rings (SSSR count). The smallest absolute Gasteiger partial charge is 0.227 e. The van der Waals surface area contributed by atoms with Gasteiger partial charge in [0.05, 0.1) is 11.4 Å². The number of nitrogens with zero attached hydrogens (tertiary/aromatic N) is 2. The Bertz CT molecular complexity index is 699. The Morgan fingerprint density at radius 1 is 1.04 bits per heavy atom. The zero-order valence-electron chi connectivity index (χ0n) is 13.5. The number of hydrogen-bond donors (Lipinski definition) is 1. The summed E-state index contributed by atoms with van der Waals surface area (Å²) in [6.45, 7) is 4.73. The van der Waals surface area contributed by atoms with Crippen LogP contribution in [0.25, 0.3) is 0 Å². The van der Waals surface area contributed by atoms with E-state index in [-0.39, 0.29) is 5.91 Å². The van der Waals surface area contributed by atoms with E-state index in [2.05, 4.69) is 17.9 Å². The van der Waals surface area contributed by atoms with Gasteiger partial charge in [0.1, 0.15) is 0 Å². The van der Waals surface area contributed by atoms with Crippen LogP contribution in [0.5, 0.6) is 0 Å². The van der Waals surface area contributed by atoms with E-state index in [0.717, 1.165) is 42.3 Å². The molecule has 4 nitrogen and oxygen atoms in total. The van der Waals surface area contributed by atoms with Crippen molar-refractivity contribution in [1.82, 2.24) is 0 Å². The summed E-state index contributed by atoms with van der Waals surface area (Å²) in [5.41, 5.74) is 9.94. The molecule has 0 spiro atoms. The second-order valence-corrected chi connectivity index (χ2v) is 5.81. The Hall–Kier alpha value is -2.49. The van der Waals surface area contributed by atoms with Crippen molar-refractivity contribution < 1.29 is 4.79 Å². The number of anilines is 3. The highest BCUT2D eigenvalue weighted by molar-refractivity contribution is 5.98. The van der Waals surface area contributed by atoms with E-state index in [1.165, 1.54) is 0 Å². The van der Waals surface area contributed by atoms with E-state index in [9.17, 15) is 4.79 Å². The van der Waals surface area contributed by atoms with Crippen LogP contribution in [0.4, 0.5) is 17.1 Å². The molecule has 0 aromatic heterocycles. The topological polar surface area (TPSA) is 49.6 Å². The van der Waals surface area contributed by atoms with Gasteiger partial charge in [0.2, 0.25) is 5.91 Å². The maximum atomic E-state index is 12.7. The van der Waals surface area contributed by atoms with Crippen LogP contribution in [0.2, 0.25) is 0 Å². The number of benzene rings is 2. The van der Waals surface area contributed by atoms with Gasteiger partial charge >= 0.3 is 0 Å². The summed E-state index contributed by atoms with van der Waals surface area (Å²) in [4.78, 5) is 16.9. The molecule has 1 aliphatic rings. The van der Waals surface area contributed by atoms with Crippen molar-refractivity contribution in [3.8, 4) is 0 Å². The predicted molar refractivity (Wildman–Crippen MR) is 95.9 cm³/mol. The van der Waals surface area contributed by atoms with Gasteiger partial charge in [0.15, 0.2) is 0 Å². The minimum atomic E-state index is 0.163. The lowest BCUT2D eigenvalue weighted by molar-refractivity contribution is -0.118. The zero-order chi connectivity index (χ0) is 16.2. The van der Waals surface area contributed by atoms with Crippen molar-refractivity contribution in [3.63, 3.8) is 0 Å². The highest BCUT2D eigenvalue weighted by Gasteiger charge is 2.25. The van der Waals surface area contributed by atoms with Crippen molar-refractivity contribution in [3.05, 3.63) is 54.1 Å². The molecule has 0 unspecified atom stereocenters. The van der Waals surface area contributed by atoms with Gasteiger partial charge in [-0.1, -0.05) is 30.3 Å². The van der Waals surface area contributed by atoms with Gasteiger partial charge in [0, 0.05) is 31.7 Å². The number of nitrogen functional groups attached to an aromatic ring is 1. The second kappa shape index (κ2) is 6.73. The van der Waals surface area contributed by atoms with Crippen LogP contribution >= 0.6 is 0 Å². The lowest BCUT2D eigenvalue weighted by Crippen LogP contribution is -2.44. The summed E-state index contributed by atoms with van der Waals surface area (Å²) in [7, 11) is 0. The lowest BCUT2D eigenvalue weighted by Gasteiger charge is -2.37. The summed E-state index contributed by atoms with van der Waals surface area (Å²) in [6, 6.07) is 15.9. The average Bonchev–Trinajstić information content (AvgIpc) is 2.59. The SMILES string of the molecule is CCN1CCN(C(=O)CCc2ccccc2N)c2ccccc21. The molecule has 0 saturated heterocycles. The van der Waals surface area contributed by atoms with E-state index < -0.39 is 0 Å². The van der Waals surface area contributed by atoms with Crippen molar-refractivity contribution in [2.45, 2.75) is 19.8 Å². The fraction of sp³-hybridized carbons (Fsp3) is 0.316. The molecule has 2 aromatic rings. The van der Waals surface area contributed by atoms with E-state index in [1.54, 1.807) is 0 Å². The number of carbonyl (C=O) groups is 1. The average molecular weight is 309 g/mol. The minimum Gasteiger partial charge on any atom is -0.399 e. The summed E-state index contributed by atoms with van der Waals surface area (Å²) in [5, 5.41) is 0. The third kappa shape index (κ3) is 3.16. The van der Waals surface area contributed by atoms with Crippen LogP contribution in [0, 0.1) is 0 Å². The highest BCUT2D eigenvalue weighted by atomic mass is 16.2. The number of amides is 1. The molecule has 2 aromatic carbocycles. The van der Waals surface area contributed by atoms with Crippen LogP contribution in [-0.2, 0) is 11.2 Å². The molecule has 1 amide bonds. The number of nitrogens with two attached hydrogens (primary N) is 1. The maximum absolute atomic E-state index is 12.7. The standard InChI is InChI=1S/C19H23N3O/c1-2-21-13-14-22(18-10-6-5-9-17(18)21)19(23)12-11-15-7-3-4-8-16(15)20/h3-10H,2,11-14,20H2,1H3. The summed E-state index contributed by atoms with van der Waals surface area (Å²) >= 11 is 0. The molecule has 1 heterocycles. The Morgan fingerprint density at radius 2 is 1.74 bits per heavy atom. The first-order chi connectivity index (χ1) is 11.2. The highest BCUT2D eigenvalue weighted by Crippen LogP contribution is 2.33. The molecule has 0 aliphatic carbocycles. The van der Waals surface area contributed by atoms with Gasteiger partial charge in [-0.05, 0) is 37.1 Å². The summed E-state index contributed by atoms with van der Waals surface area (Å²) < 4.78 is 0. The first-order valence-corrected chi connectivity index (χ1v) is 8.18. The fourth-order valence-electron chi connectivity index (χ4n) is 3.15. The summed E-state index contributed by atoms with van der Waals surface area (Å²) in [5.74, 6) is 0.163. The normalized spacial score (nSPS) is 13.8. The number of aryl methyl sites for hydroxylation is 1. The molecular formula is C19H23N3O. The molecule has 0 fully saturated rings. The van der Waals surface area contributed by atoms with Crippen molar-refractivity contribution in [2.24, 2.45) is 0 Å². The van der Waals surface area contributed by atoms with Gasteiger partial charge in [0.25, 0.3) is 0 Å². The van der Waals surface area contributed by atoms with Gasteiger partial charge in [-0.3, -0.25) is 4.79 Å². The number of fused-ring (bicyclic) bond motifs is 1. The Balaban J connectivity index is 1.74. The maximum Gasteiger partial charge on any atom is 0.227 e. The summed E-state index contributed by atoms with van der Waals surface area (Å²) in [6.07, 6.45) is 1.16. The Labute approximate surface area is 137 Å². The lowest BCUT2D eigenvalue weighted by atomic mass is 10.1. The predicted octanol–water partition coefficient (Wildman–Crippen LogP) is 3.07. The number of hydrogen-bond acceptors (Lipinski definition) is 3. The van der Waals surface area contributed by atoms with Gasteiger partial charge in [-0.2, -0.15) is 0 Å². The molecule has 23 heavy (non-hydrogen) atoms. The molecule has 0 saturated carbocycles. The number of carbonyl (C=O) groups excluding carboxylic acids is 1. The molecule has 0 radical (unpaired) electrons. The van der Waals surface area contributed by atoms with E-state index in [0.29, 0.717) is 12.8 Å². The van der Waals surface area contributed by atoms with Crippen LogP contribution in [-0.4, -0.2) is 25.5 Å². The third-order valence-corrected chi connectivity index (χ3v) is 4.45. The van der Waals surface area contributed by atoms with Gasteiger partial charge in [-0.15, -0.1) is 0 Å². The first kappa shape index (κ1) is 15.4. The van der Waals surface area contributed by atoms with E-state index in [4.69, 9.17) is 5.73 Å². The quantitative estimate of drug-likeness (QED) is 0.883. The minimum absolute atomic E-state index is 0.163. The third-order valence-electron chi connectivity index (χ3n) is 4.45. The van der Waals surface area contributed by atoms with Crippen molar-refractivity contribution >= 4 is 23.0 Å². The van der Waals surface area contributed by atoms with Crippen LogP contribution < -0.4 is 15.5 Å². The first-order valence-electron chi connectivity index (χ1n) is 8.18. The van der Waals surface area contributed by atoms with Crippen molar-refractivity contribution in [2.75, 3.05) is 35.2 Å².